The lowest BCUT2D eigenvalue weighted by atomic mass is 9.91. The first kappa shape index (κ1) is 23.6. The molecule has 0 radical (unpaired) electrons. The minimum absolute atomic E-state index is 0.0237. The zero-order chi connectivity index (χ0) is 21.3. The molecule has 1 aromatic rings. The molecule has 1 aliphatic rings. The molecule has 0 saturated carbocycles. The lowest BCUT2D eigenvalue weighted by Crippen LogP contribution is -2.45. The van der Waals surface area contributed by atoms with Crippen molar-refractivity contribution in [2.24, 2.45) is 5.92 Å². The molecule has 1 amide bonds. The normalized spacial score (nSPS) is 20.2. The number of carbonyl (C=O) groups is 2. The number of amides is 1. The number of hydrogen-bond acceptors (Lipinski definition) is 4. The second kappa shape index (κ2) is 11.5. The number of nitrogens with one attached hydrogen (secondary N) is 1. The van der Waals surface area contributed by atoms with Gasteiger partial charge in [-0.15, -0.1) is 0 Å². The molecule has 1 N–H and O–H groups in total. The number of ether oxygens (including phenoxy) is 1. The van der Waals surface area contributed by atoms with Crippen molar-refractivity contribution in [3.8, 4) is 0 Å². The summed E-state index contributed by atoms with van der Waals surface area (Å²) in [6.07, 6.45) is 6.69. The minimum Gasteiger partial charge on any atom is -0.360 e. The summed E-state index contributed by atoms with van der Waals surface area (Å²) in [5.74, 6) is 0.168. The smallest absolute Gasteiger partial charge is 0.225 e. The lowest BCUT2D eigenvalue weighted by Gasteiger charge is -2.32. The molecular weight excluding hydrogens is 364 g/mol. The Kier molecular flexibility index (Phi) is 9.31. The zero-order valence-corrected chi connectivity index (χ0v) is 18.5. The Balaban J connectivity index is 2.08. The molecule has 162 valence electrons. The first-order valence-electron chi connectivity index (χ1n) is 11.0. The van der Waals surface area contributed by atoms with Crippen LogP contribution in [0.1, 0.15) is 64.9 Å². The second-order valence-electron chi connectivity index (χ2n) is 8.77. The summed E-state index contributed by atoms with van der Waals surface area (Å²) in [7, 11) is 1.90. The van der Waals surface area contributed by atoms with Gasteiger partial charge in [0.05, 0.1) is 6.61 Å². The van der Waals surface area contributed by atoms with Gasteiger partial charge in [0, 0.05) is 31.5 Å². The van der Waals surface area contributed by atoms with Gasteiger partial charge in [0.2, 0.25) is 5.91 Å². The predicted octanol–water partition coefficient (Wildman–Crippen LogP) is 3.96. The number of aldehydes is 1. The number of hydrogen-bond donors (Lipinski definition) is 1. The van der Waals surface area contributed by atoms with E-state index in [1.807, 2.05) is 44.0 Å². The Bertz CT molecular complexity index is 632. The Hall–Kier alpha value is -1.72. The van der Waals surface area contributed by atoms with Crippen molar-refractivity contribution in [3.63, 3.8) is 0 Å². The van der Waals surface area contributed by atoms with E-state index in [-0.39, 0.29) is 29.6 Å². The van der Waals surface area contributed by atoms with Gasteiger partial charge < -0.3 is 14.4 Å². The maximum atomic E-state index is 13.5. The van der Waals surface area contributed by atoms with Crippen LogP contribution < -0.4 is 5.32 Å². The number of unbranched alkanes of at least 4 members (excludes halogenated alkanes) is 1. The van der Waals surface area contributed by atoms with E-state index in [1.54, 1.807) is 0 Å². The molecule has 1 aromatic carbocycles. The molecule has 5 nitrogen and oxygen atoms in total. The van der Waals surface area contributed by atoms with E-state index >= 15 is 0 Å². The first-order chi connectivity index (χ1) is 13.9. The van der Waals surface area contributed by atoms with Crippen molar-refractivity contribution < 1.29 is 14.3 Å². The van der Waals surface area contributed by atoms with Gasteiger partial charge in [-0.1, -0.05) is 50.1 Å². The Morgan fingerprint density at radius 3 is 2.62 bits per heavy atom. The van der Waals surface area contributed by atoms with Crippen molar-refractivity contribution in [2.75, 3.05) is 13.7 Å². The highest BCUT2D eigenvalue weighted by Crippen LogP contribution is 2.25. The minimum atomic E-state index is -0.325. The molecule has 5 heteroatoms. The molecule has 1 aliphatic heterocycles. The molecule has 29 heavy (non-hydrogen) atoms. The van der Waals surface area contributed by atoms with Crippen LogP contribution in [-0.4, -0.2) is 48.6 Å². The maximum absolute atomic E-state index is 13.5. The number of nitrogens with zero attached hydrogens (tertiary/aromatic N) is 1. The standard InChI is InChI=1S/C24H38N2O3/c1-5-6-13-20(17-21-18-29-24(2,3)25-21)23(28)26(4)22(14-10-15-27)16-19-11-8-7-9-12-19/h7-9,11-12,15,20-22,25H,5-6,10,13-14,16-18H2,1-4H3. The average molecular weight is 403 g/mol. The van der Waals surface area contributed by atoms with Crippen LogP contribution in [0.4, 0.5) is 0 Å². The summed E-state index contributed by atoms with van der Waals surface area (Å²) >= 11 is 0. The van der Waals surface area contributed by atoms with Crippen LogP contribution >= 0.6 is 0 Å². The Morgan fingerprint density at radius 2 is 2.03 bits per heavy atom. The van der Waals surface area contributed by atoms with Crippen LogP contribution in [0.3, 0.4) is 0 Å². The van der Waals surface area contributed by atoms with Crippen LogP contribution in [0, 0.1) is 5.92 Å². The largest absolute Gasteiger partial charge is 0.360 e. The van der Waals surface area contributed by atoms with E-state index in [2.05, 4.69) is 24.4 Å². The second-order valence-corrected chi connectivity index (χ2v) is 8.77. The van der Waals surface area contributed by atoms with Gasteiger partial charge in [0.15, 0.2) is 0 Å². The third-order valence-corrected chi connectivity index (χ3v) is 5.85. The molecular formula is C24H38N2O3. The van der Waals surface area contributed by atoms with Gasteiger partial charge in [-0.3, -0.25) is 10.1 Å². The fourth-order valence-electron chi connectivity index (χ4n) is 4.19. The van der Waals surface area contributed by atoms with Crippen LogP contribution in [0.2, 0.25) is 0 Å². The third kappa shape index (κ3) is 7.56. The molecule has 2 rings (SSSR count). The third-order valence-electron chi connectivity index (χ3n) is 5.85. The molecule has 0 aromatic heterocycles. The lowest BCUT2D eigenvalue weighted by molar-refractivity contribution is -0.137. The van der Waals surface area contributed by atoms with E-state index in [9.17, 15) is 9.59 Å². The van der Waals surface area contributed by atoms with Crippen LogP contribution in [0.25, 0.3) is 0 Å². The highest BCUT2D eigenvalue weighted by atomic mass is 16.5. The Morgan fingerprint density at radius 1 is 1.31 bits per heavy atom. The fraction of sp³-hybridized carbons (Fsp3) is 0.667. The zero-order valence-electron chi connectivity index (χ0n) is 18.5. The summed E-state index contributed by atoms with van der Waals surface area (Å²) in [6.45, 7) is 6.85. The Labute approximate surface area is 176 Å². The van der Waals surface area contributed by atoms with Gasteiger partial charge in [-0.2, -0.15) is 0 Å². The van der Waals surface area contributed by atoms with Gasteiger partial charge in [-0.05, 0) is 45.1 Å². The topological polar surface area (TPSA) is 58.6 Å². The van der Waals surface area contributed by atoms with Crippen molar-refractivity contribution in [2.45, 2.75) is 83.5 Å². The number of likely N-dealkylation sites (N-methyl/N-ethyl adjacent to an activating group) is 1. The summed E-state index contributed by atoms with van der Waals surface area (Å²) < 4.78 is 5.80. The first-order valence-corrected chi connectivity index (χ1v) is 11.0. The summed E-state index contributed by atoms with van der Waals surface area (Å²) in [5, 5.41) is 3.49. The molecule has 3 atom stereocenters. The molecule has 1 heterocycles. The molecule has 1 fully saturated rings. The van der Waals surface area contributed by atoms with Gasteiger partial charge in [0.25, 0.3) is 0 Å². The van der Waals surface area contributed by atoms with E-state index < -0.39 is 0 Å². The molecule has 1 saturated heterocycles. The monoisotopic (exact) mass is 402 g/mol. The SMILES string of the molecule is CCCCC(CC1COC(C)(C)N1)C(=O)N(C)C(CCC=O)Cc1ccccc1. The quantitative estimate of drug-likeness (QED) is 0.538. The molecule has 0 bridgehead atoms. The molecule has 0 spiro atoms. The van der Waals surface area contributed by atoms with Crippen molar-refractivity contribution in [3.05, 3.63) is 35.9 Å². The maximum Gasteiger partial charge on any atom is 0.225 e. The van der Waals surface area contributed by atoms with E-state index in [1.165, 1.54) is 5.56 Å². The van der Waals surface area contributed by atoms with Crippen molar-refractivity contribution in [1.29, 1.82) is 0 Å². The van der Waals surface area contributed by atoms with Gasteiger partial charge in [0.1, 0.15) is 12.0 Å². The molecule has 3 unspecified atom stereocenters. The van der Waals surface area contributed by atoms with Crippen LogP contribution in [-0.2, 0) is 20.7 Å². The number of benzene rings is 1. The number of rotatable bonds is 12. The van der Waals surface area contributed by atoms with Gasteiger partial charge >= 0.3 is 0 Å². The van der Waals surface area contributed by atoms with Crippen LogP contribution in [0.15, 0.2) is 30.3 Å². The average Bonchev–Trinajstić information content (AvgIpc) is 3.06. The number of carbonyl (C=O) groups excluding carboxylic acids is 2. The van der Waals surface area contributed by atoms with Crippen molar-refractivity contribution >= 4 is 12.2 Å². The summed E-state index contributed by atoms with van der Waals surface area (Å²) in [6, 6.07) is 10.4. The van der Waals surface area contributed by atoms with E-state index in [4.69, 9.17) is 4.74 Å². The highest BCUT2D eigenvalue weighted by Gasteiger charge is 2.35. The summed E-state index contributed by atoms with van der Waals surface area (Å²) in [4.78, 5) is 26.4. The molecule has 0 aliphatic carbocycles. The van der Waals surface area contributed by atoms with E-state index in [0.717, 1.165) is 38.4 Å². The highest BCUT2D eigenvalue weighted by molar-refractivity contribution is 5.79. The fourth-order valence-corrected chi connectivity index (χ4v) is 4.19. The summed E-state index contributed by atoms with van der Waals surface area (Å²) in [5.41, 5.74) is 0.870. The van der Waals surface area contributed by atoms with E-state index in [0.29, 0.717) is 19.4 Å². The van der Waals surface area contributed by atoms with Crippen LogP contribution in [0.5, 0.6) is 0 Å². The predicted molar refractivity (Wildman–Crippen MR) is 117 cm³/mol. The van der Waals surface area contributed by atoms with Gasteiger partial charge in [-0.25, -0.2) is 0 Å². The van der Waals surface area contributed by atoms with Crippen molar-refractivity contribution in [1.82, 2.24) is 10.2 Å².